The molecule has 1 aliphatic heterocycles. The summed E-state index contributed by atoms with van der Waals surface area (Å²) < 4.78 is 17.3. The zero-order chi connectivity index (χ0) is 29.6. The maximum Gasteiger partial charge on any atom is 0.313 e. The number of esters is 2. The molecular formula is C34H44ClNO5. The molecule has 6 nitrogen and oxygen atoms in total. The van der Waals surface area contributed by atoms with Crippen LogP contribution in [-0.4, -0.2) is 44.3 Å². The molecule has 0 bridgehead atoms. The van der Waals surface area contributed by atoms with Gasteiger partial charge in [0, 0.05) is 29.9 Å². The predicted octanol–water partition coefficient (Wildman–Crippen LogP) is 7.55. The maximum atomic E-state index is 13.4. The first-order valence-corrected chi connectivity index (χ1v) is 15.1. The SMILES string of the molecule is C=CCCCCN1C[C@@]2(CCCc3cc(Cl)ccc32)COc2ccc([C@@H](CCC(=O)OC)C(=O)OC(C)(C)C)cc21. The molecule has 0 unspecified atom stereocenters. The lowest BCUT2D eigenvalue weighted by molar-refractivity contribution is -0.157. The van der Waals surface area contributed by atoms with Gasteiger partial charge in [0.15, 0.2) is 0 Å². The number of nitrogens with zero attached hydrogens (tertiary/aromatic N) is 1. The van der Waals surface area contributed by atoms with Gasteiger partial charge >= 0.3 is 11.9 Å². The number of aryl methyl sites for hydroxylation is 1. The van der Waals surface area contributed by atoms with Crippen molar-refractivity contribution < 1.29 is 23.8 Å². The number of hydrogen-bond acceptors (Lipinski definition) is 6. The summed E-state index contributed by atoms with van der Waals surface area (Å²) in [5.41, 5.74) is 3.61. The molecule has 0 saturated heterocycles. The van der Waals surface area contributed by atoms with Crippen molar-refractivity contribution in [2.75, 3.05) is 31.7 Å². The number of carbonyl (C=O) groups excluding carboxylic acids is 2. The smallest absolute Gasteiger partial charge is 0.313 e. The third-order valence-electron chi connectivity index (χ3n) is 8.11. The predicted molar refractivity (Wildman–Crippen MR) is 164 cm³/mol. The van der Waals surface area contributed by atoms with Crippen LogP contribution in [0.25, 0.3) is 0 Å². The quantitative estimate of drug-likeness (QED) is 0.164. The van der Waals surface area contributed by atoms with Gasteiger partial charge in [-0.05, 0) is 107 Å². The summed E-state index contributed by atoms with van der Waals surface area (Å²) in [4.78, 5) is 27.9. The molecule has 1 aliphatic carbocycles. The van der Waals surface area contributed by atoms with Crippen LogP contribution in [0.1, 0.15) is 88.3 Å². The lowest BCUT2D eigenvalue weighted by atomic mass is 9.70. The van der Waals surface area contributed by atoms with E-state index in [-0.39, 0.29) is 23.8 Å². The van der Waals surface area contributed by atoms with Crippen LogP contribution in [0.3, 0.4) is 0 Å². The summed E-state index contributed by atoms with van der Waals surface area (Å²) in [6, 6.07) is 12.3. The van der Waals surface area contributed by atoms with Gasteiger partial charge in [0.1, 0.15) is 11.4 Å². The number of allylic oxidation sites excluding steroid dienone is 1. The maximum absolute atomic E-state index is 13.4. The summed E-state index contributed by atoms with van der Waals surface area (Å²) >= 11 is 6.39. The Hall–Kier alpha value is -2.99. The molecule has 7 heteroatoms. The van der Waals surface area contributed by atoms with Crippen molar-refractivity contribution >= 4 is 29.2 Å². The van der Waals surface area contributed by atoms with E-state index in [1.54, 1.807) is 0 Å². The molecule has 1 heterocycles. The van der Waals surface area contributed by atoms with Crippen LogP contribution in [0, 0.1) is 0 Å². The highest BCUT2D eigenvalue weighted by Gasteiger charge is 2.42. The Morgan fingerprint density at radius 1 is 1.20 bits per heavy atom. The van der Waals surface area contributed by atoms with Gasteiger partial charge in [-0.2, -0.15) is 0 Å². The van der Waals surface area contributed by atoms with E-state index in [4.69, 9.17) is 25.8 Å². The number of benzene rings is 2. The van der Waals surface area contributed by atoms with E-state index in [0.29, 0.717) is 13.0 Å². The third kappa shape index (κ3) is 7.65. The van der Waals surface area contributed by atoms with Gasteiger partial charge in [0.25, 0.3) is 0 Å². The van der Waals surface area contributed by atoms with Gasteiger partial charge in [-0.25, -0.2) is 0 Å². The Balaban J connectivity index is 1.72. The molecular weight excluding hydrogens is 538 g/mol. The van der Waals surface area contributed by atoms with Crippen LogP contribution in [0.2, 0.25) is 5.02 Å². The average molecular weight is 582 g/mol. The van der Waals surface area contributed by atoms with E-state index < -0.39 is 11.5 Å². The summed E-state index contributed by atoms with van der Waals surface area (Å²) in [7, 11) is 1.36. The van der Waals surface area contributed by atoms with E-state index in [0.717, 1.165) is 73.6 Å². The number of carbonyl (C=O) groups is 2. The number of ether oxygens (including phenoxy) is 3. The van der Waals surface area contributed by atoms with Gasteiger partial charge in [-0.15, -0.1) is 6.58 Å². The molecule has 4 rings (SSSR count). The summed E-state index contributed by atoms with van der Waals surface area (Å²) in [6.07, 6.45) is 8.56. The largest absolute Gasteiger partial charge is 0.490 e. The highest BCUT2D eigenvalue weighted by atomic mass is 35.5. The molecule has 2 aromatic rings. The number of hydrogen-bond donors (Lipinski definition) is 0. The van der Waals surface area contributed by atoms with Crippen LogP contribution < -0.4 is 9.64 Å². The monoisotopic (exact) mass is 581 g/mol. The highest BCUT2D eigenvalue weighted by Crippen LogP contribution is 2.45. The second-order valence-electron chi connectivity index (χ2n) is 12.4. The van der Waals surface area contributed by atoms with E-state index in [1.807, 2.05) is 45.0 Å². The van der Waals surface area contributed by atoms with Gasteiger partial charge in [-0.1, -0.05) is 29.8 Å². The minimum Gasteiger partial charge on any atom is -0.490 e. The molecule has 0 radical (unpaired) electrons. The summed E-state index contributed by atoms with van der Waals surface area (Å²) in [5, 5.41) is 0.768. The minimum absolute atomic E-state index is 0.127. The normalized spacial score (nSPS) is 18.9. The number of unbranched alkanes of at least 4 members (excludes halogenated alkanes) is 2. The highest BCUT2D eigenvalue weighted by molar-refractivity contribution is 6.30. The molecule has 0 fully saturated rings. The Morgan fingerprint density at radius 2 is 2.00 bits per heavy atom. The molecule has 2 aliphatic rings. The molecule has 0 amide bonds. The van der Waals surface area contributed by atoms with Crippen LogP contribution in [0.15, 0.2) is 49.1 Å². The fourth-order valence-electron chi connectivity index (χ4n) is 6.13. The first-order chi connectivity index (χ1) is 19.5. The van der Waals surface area contributed by atoms with Crippen LogP contribution in [0.5, 0.6) is 5.75 Å². The van der Waals surface area contributed by atoms with Gasteiger partial charge in [0.05, 0.1) is 25.3 Å². The Morgan fingerprint density at radius 3 is 2.73 bits per heavy atom. The van der Waals surface area contributed by atoms with Crippen LogP contribution >= 0.6 is 11.6 Å². The fourth-order valence-corrected chi connectivity index (χ4v) is 6.33. The lowest BCUT2D eigenvalue weighted by Gasteiger charge is -2.41. The summed E-state index contributed by atoms with van der Waals surface area (Å²) in [5.74, 6) is -0.483. The minimum atomic E-state index is -0.643. The molecule has 0 saturated carbocycles. The molecule has 0 N–H and O–H groups in total. The van der Waals surface area contributed by atoms with Gasteiger partial charge in [-0.3, -0.25) is 9.59 Å². The Bertz CT molecular complexity index is 1250. The van der Waals surface area contributed by atoms with Gasteiger partial charge < -0.3 is 19.1 Å². The van der Waals surface area contributed by atoms with Crippen molar-refractivity contribution in [2.45, 2.75) is 89.1 Å². The zero-order valence-electron chi connectivity index (χ0n) is 25.0. The standard InChI is InChI=1S/C34H44ClNO5/c1-6-7-8-9-19-36-22-34(18-10-11-25-20-26(35)13-15-28(25)34)23-40-30-16-12-24(21-29(30)36)27(14-17-31(37)39-5)32(38)41-33(2,3)4/h6,12-13,15-16,20-21,27H,1,7-11,14,17-19,22-23H2,2-5H3/t27-,34+/m1/s1. The van der Waals surface area contributed by atoms with E-state index in [9.17, 15) is 9.59 Å². The zero-order valence-corrected chi connectivity index (χ0v) is 25.7. The van der Waals surface area contributed by atoms with Crippen molar-refractivity contribution in [3.63, 3.8) is 0 Å². The number of methoxy groups -OCH3 is 1. The topological polar surface area (TPSA) is 65.1 Å². The molecule has 2 aromatic carbocycles. The molecule has 2 atom stereocenters. The van der Waals surface area contributed by atoms with Crippen LogP contribution in [-0.2, 0) is 30.9 Å². The van der Waals surface area contributed by atoms with Crippen molar-refractivity contribution in [1.29, 1.82) is 0 Å². The summed E-state index contributed by atoms with van der Waals surface area (Å²) in [6.45, 7) is 11.7. The Kier molecular flexibility index (Phi) is 10.1. The number of anilines is 1. The van der Waals surface area contributed by atoms with E-state index in [1.165, 1.54) is 18.2 Å². The first-order valence-electron chi connectivity index (χ1n) is 14.8. The van der Waals surface area contributed by atoms with Crippen molar-refractivity contribution in [3.8, 4) is 5.75 Å². The fraction of sp³-hybridized carbons (Fsp3) is 0.529. The second-order valence-corrected chi connectivity index (χ2v) is 12.8. The van der Waals surface area contributed by atoms with E-state index in [2.05, 4.69) is 29.7 Å². The van der Waals surface area contributed by atoms with Crippen molar-refractivity contribution in [2.24, 2.45) is 0 Å². The Labute approximate surface area is 250 Å². The molecule has 1 spiro atoms. The molecule has 41 heavy (non-hydrogen) atoms. The first kappa shape index (κ1) is 31.0. The molecule has 222 valence electrons. The van der Waals surface area contributed by atoms with Crippen LogP contribution in [0.4, 0.5) is 5.69 Å². The number of halogens is 1. The molecule has 0 aromatic heterocycles. The van der Waals surface area contributed by atoms with Crippen molar-refractivity contribution in [3.05, 3.63) is 70.8 Å². The number of rotatable bonds is 10. The average Bonchev–Trinajstić information content (AvgIpc) is 3.07. The number of fused-ring (bicyclic) bond motifs is 3. The lowest BCUT2D eigenvalue weighted by Crippen LogP contribution is -2.46. The van der Waals surface area contributed by atoms with E-state index >= 15 is 0 Å². The third-order valence-corrected chi connectivity index (χ3v) is 8.34. The van der Waals surface area contributed by atoms with Gasteiger partial charge in [0.2, 0.25) is 0 Å². The van der Waals surface area contributed by atoms with Crippen molar-refractivity contribution in [1.82, 2.24) is 0 Å². The second kappa shape index (κ2) is 13.3.